The van der Waals surface area contributed by atoms with Gasteiger partial charge in [-0.3, -0.25) is 19.5 Å². The fourth-order valence-electron chi connectivity index (χ4n) is 2.57. The number of nitrogens with one attached hydrogen (secondary N) is 1. The van der Waals surface area contributed by atoms with Crippen molar-refractivity contribution in [2.75, 3.05) is 11.9 Å². The topological polar surface area (TPSA) is 84.2 Å². The summed E-state index contributed by atoms with van der Waals surface area (Å²) in [6.07, 6.45) is 0.544. The van der Waals surface area contributed by atoms with Crippen molar-refractivity contribution in [2.45, 2.75) is 13.0 Å². The number of anilines is 1. The lowest BCUT2D eigenvalue weighted by Crippen LogP contribution is -2.29. The first-order valence-electron chi connectivity index (χ1n) is 7.73. The molecule has 0 spiro atoms. The van der Waals surface area contributed by atoms with Crippen molar-refractivity contribution in [3.8, 4) is 0 Å². The third kappa shape index (κ3) is 3.87. The SMILES string of the molecule is O=C(CO)Nc1nc2ccccc2c(=O)n1CCc1cccc(Cl)c1. The monoisotopic (exact) mass is 357 g/mol. The molecule has 1 heterocycles. The standard InChI is InChI=1S/C18H16ClN3O3/c19-13-5-3-4-12(10-13)8-9-22-17(25)14-6-1-2-7-15(14)20-18(22)21-16(24)11-23/h1-7,10,23H,8-9,11H2,(H,20,21,24). The minimum Gasteiger partial charge on any atom is -0.387 e. The van der Waals surface area contributed by atoms with Crippen LogP contribution in [-0.2, 0) is 17.8 Å². The zero-order valence-corrected chi connectivity index (χ0v) is 14.0. The second-order valence-corrected chi connectivity index (χ2v) is 5.93. The Morgan fingerprint density at radius 3 is 2.76 bits per heavy atom. The van der Waals surface area contributed by atoms with E-state index in [9.17, 15) is 9.59 Å². The number of para-hydroxylation sites is 1. The van der Waals surface area contributed by atoms with Crippen LogP contribution in [0.2, 0.25) is 5.02 Å². The van der Waals surface area contributed by atoms with E-state index in [1.54, 1.807) is 30.3 Å². The maximum Gasteiger partial charge on any atom is 0.262 e. The third-order valence-corrected chi connectivity index (χ3v) is 4.00. The quantitative estimate of drug-likeness (QED) is 0.733. The lowest BCUT2D eigenvalue weighted by molar-refractivity contribution is -0.118. The summed E-state index contributed by atoms with van der Waals surface area (Å²) in [6, 6.07) is 14.3. The molecule has 3 rings (SSSR count). The van der Waals surface area contributed by atoms with Crippen molar-refractivity contribution in [1.29, 1.82) is 0 Å². The van der Waals surface area contributed by atoms with Crippen LogP contribution in [0.5, 0.6) is 0 Å². The predicted octanol–water partition coefficient (Wildman–Crippen LogP) is 2.22. The van der Waals surface area contributed by atoms with Gasteiger partial charge in [-0.15, -0.1) is 0 Å². The van der Waals surface area contributed by atoms with Crippen molar-refractivity contribution < 1.29 is 9.90 Å². The van der Waals surface area contributed by atoms with Crippen LogP contribution in [0.4, 0.5) is 5.95 Å². The number of halogens is 1. The van der Waals surface area contributed by atoms with Gasteiger partial charge in [0.1, 0.15) is 6.61 Å². The van der Waals surface area contributed by atoms with E-state index >= 15 is 0 Å². The molecule has 25 heavy (non-hydrogen) atoms. The summed E-state index contributed by atoms with van der Waals surface area (Å²) >= 11 is 5.99. The fraction of sp³-hybridized carbons (Fsp3) is 0.167. The van der Waals surface area contributed by atoms with Gasteiger partial charge in [0.15, 0.2) is 0 Å². The molecular formula is C18H16ClN3O3. The Morgan fingerprint density at radius 1 is 1.20 bits per heavy atom. The van der Waals surface area contributed by atoms with Crippen LogP contribution < -0.4 is 10.9 Å². The van der Waals surface area contributed by atoms with E-state index in [0.29, 0.717) is 28.9 Å². The molecule has 0 saturated heterocycles. The number of amides is 1. The van der Waals surface area contributed by atoms with Gasteiger partial charge in [-0.1, -0.05) is 35.9 Å². The van der Waals surface area contributed by atoms with Gasteiger partial charge in [0, 0.05) is 11.6 Å². The zero-order valence-electron chi connectivity index (χ0n) is 13.3. The maximum absolute atomic E-state index is 12.8. The number of fused-ring (bicyclic) bond motifs is 1. The Morgan fingerprint density at radius 2 is 2.00 bits per heavy atom. The summed E-state index contributed by atoms with van der Waals surface area (Å²) in [4.78, 5) is 28.7. The number of carbonyl (C=O) groups excluding carboxylic acids is 1. The molecule has 0 atom stereocenters. The van der Waals surface area contributed by atoms with Crippen LogP contribution >= 0.6 is 11.6 Å². The highest BCUT2D eigenvalue weighted by Gasteiger charge is 2.13. The van der Waals surface area contributed by atoms with Gasteiger partial charge in [-0.05, 0) is 36.2 Å². The first-order chi connectivity index (χ1) is 12.1. The number of carbonyl (C=O) groups is 1. The Hall–Kier alpha value is -2.70. The number of aryl methyl sites for hydroxylation is 1. The smallest absolute Gasteiger partial charge is 0.262 e. The first kappa shape index (κ1) is 17.1. The lowest BCUT2D eigenvalue weighted by Gasteiger charge is -2.14. The first-order valence-corrected chi connectivity index (χ1v) is 8.11. The van der Waals surface area contributed by atoms with Gasteiger partial charge in [0.2, 0.25) is 5.95 Å². The molecule has 0 aliphatic heterocycles. The molecule has 0 aliphatic rings. The van der Waals surface area contributed by atoms with E-state index in [2.05, 4.69) is 10.3 Å². The minimum atomic E-state index is -0.684. The molecule has 3 aromatic rings. The Kier molecular flexibility index (Phi) is 5.11. The number of rotatable bonds is 5. The van der Waals surface area contributed by atoms with Crippen molar-refractivity contribution >= 4 is 34.4 Å². The number of hydrogen-bond donors (Lipinski definition) is 2. The molecule has 1 aromatic heterocycles. The molecule has 0 fully saturated rings. The summed E-state index contributed by atoms with van der Waals surface area (Å²) in [5.74, 6) is -0.511. The largest absolute Gasteiger partial charge is 0.387 e. The number of nitrogens with zero attached hydrogens (tertiary/aromatic N) is 2. The van der Waals surface area contributed by atoms with Crippen molar-refractivity contribution in [3.05, 3.63) is 69.5 Å². The van der Waals surface area contributed by atoms with E-state index in [1.807, 2.05) is 18.2 Å². The van der Waals surface area contributed by atoms with E-state index in [4.69, 9.17) is 16.7 Å². The zero-order chi connectivity index (χ0) is 17.8. The van der Waals surface area contributed by atoms with Crippen molar-refractivity contribution in [1.82, 2.24) is 9.55 Å². The maximum atomic E-state index is 12.8. The van der Waals surface area contributed by atoms with Crippen LogP contribution in [0.15, 0.2) is 53.3 Å². The second kappa shape index (κ2) is 7.46. The average Bonchev–Trinajstić information content (AvgIpc) is 2.61. The van der Waals surface area contributed by atoms with Gasteiger partial charge in [-0.25, -0.2) is 4.98 Å². The summed E-state index contributed by atoms with van der Waals surface area (Å²) in [5, 5.41) is 12.5. The highest BCUT2D eigenvalue weighted by molar-refractivity contribution is 6.30. The Bertz CT molecular complexity index is 985. The highest BCUT2D eigenvalue weighted by Crippen LogP contribution is 2.14. The van der Waals surface area contributed by atoms with Crippen LogP contribution in [0.25, 0.3) is 10.9 Å². The third-order valence-electron chi connectivity index (χ3n) is 3.77. The number of aromatic nitrogens is 2. The number of aliphatic hydroxyl groups excluding tert-OH is 1. The number of benzene rings is 2. The van der Waals surface area contributed by atoms with Gasteiger partial charge >= 0.3 is 0 Å². The molecule has 6 nitrogen and oxygen atoms in total. The van der Waals surface area contributed by atoms with Crippen LogP contribution in [-0.4, -0.2) is 27.2 Å². The average molecular weight is 358 g/mol. The Labute approximate surface area is 148 Å². The molecule has 0 unspecified atom stereocenters. The molecule has 0 aliphatic carbocycles. The summed E-state index contributed by atoms with van der Waals surface area (Å²) in [6.45, 7) is -0.366. The predicted molar refractivity (Wildman–Crippen MR) is 96.9 cm³/mol. The van der Waals surface area contributed by atoms with Crippen LogP contribution in [0, 0.1) is 0 Å². The van der Waals surface area contributed by atoms with Gasteiger partial charge in [-0.2, -0.15) is 0 Å². The molecule has 0 saturated carbocycles. The van der Waals surface area contributed by atoms with Crippen LogP contribution in [0.3, 0.4) is 0 Å². The highest BCUT2D eigenvalue weighted by atomic mass is 35.5. The minimum absolute atomic E-state index is 0.116. The molecule has 2 aromatic carbocycles. The number of aliphatic hydroxyl groups is 1. The van der Waals surface area contributed by atoms with E-state index in [1.165, 1.54) is 4.57 Å². The van der Waals surface area contributed by atoms with E-state index in [0.717, 1.165) is 5.56 Å². The molecule has 1 amide bonds. The van der Waals surface area contributed by atoms with Crippen molar-refractivity contribution in [2.24, 2.45) is 0 Å². The van der Waals surface area contributed by atoms with E-state index < -0.39 is 12.5 Å². The Balaban J connectivity index is 2.01. The number of hydrogen-bond acceptors (Lipinski definition) is 4. The van der Waals surface area contributed by atoms with Crippen LogP contribution in [0.1, 0.15) is 5.56 Å². The fourth-order valence-corrected chi connectivity index (χ4v) is 2.78. The molecule has 0 bridgehead atoms. The molecule has 2 N–H and O–H groups in total. The van der Waals surface area contributed by atoms with Crippen molar-refractivity contribution in [3.63, 3.8) is 0 Å². The molecular weight excluding hydrogens is 342 g/mol. The van der Waals surface area contributed by atoms with Gasteiger partial charge in [0.25, 0.3) is 11.5 Å². The molecule has 0 radical (unpaired) electrons. The molecule has 128 valence electrons. The normalized spacial score (nSPS) is 10.8. The van der Waals surface area contributed by atoms with E-state index in [-0.39, 0.29) is 11.5 Å². The summed E-state index contributed by atoms with van der Waals surface area (Å²) < 4.78 is 1.40. The molecule has 7 heteroatoms. The van der Waals surface area contributed by atoms with Gasteiger partial charge in [0.05, 0.1) is 10.9 Å². The summed E-state index contributed by atoms with van der Waals surface area (Å²) in [5.41, 5.74) is 1.20. The summed E-state index contributed by atoms with van der Waals surface area (Å²) in [7, 11) is 0. The van der Waals surface area contributed by atoms with Gasteiger partial charge < -0.3 is 5.11 Å². The lowest BCUT2D eigenvalue weighted by atomic mass is 10.1. The second-order valence-electron chi connectivity index (χ2n) is 5.50.